The molecule has 1 saturated heterocycles. The van der Waals surface area contributed by atoms with Gasteiger partial charge in [0.2, 0.25) is 0 Å². The number of nitrogens with one attached hydrogen (secondary N) is 1. The van der Waals surface area contributed by atoms with Gasteiger partial charge in [0, 0.05) is 18.1 Å². The van der Waals surface area contributed by atoms with Crippen molar-refractivity contribution in [3.8, 4) is 0 Å². The van der Waals surface area contributed by atoms with Gasteiger partial charge in [0.1, 0.15) is 13.2 Å². The quantitative estimate of drug-likeness (QED) is 0.866. The fraction of sp³-hybridized carbons (Fsp3) is 0.364. The second-order valence-corrected chi connectivity index (χ2v) is 3.60. The highest BCUT2D eigenvalue weighted by Gasteiger charge is 2.21. The minimum atomic E-state index is -0.561. The van der Waals surface area contributed by atoms with Crippen LogP contribution >= 0.6 is 0 Å². The van der Waals surface area contributed by atoms with Gasteiger partial charge in [-0.1, -0.05) is 0 Å². The molecule has 1 aliphatic heterocycles. The van der Waals surface area contributed by atoms with E-state index in [0.29, 0.717) is 25.4 Å². The molecule has 96 valence electrons. The molecule has 0 bridgehead atoms. The van der Waals surface area contributed by atoms with E-state index in [9.17, 15) is 9.59 Å². The Morgan fingerprint density at radius 2 is 2.28 bits per heavy atom. The lowest BCUT2D eigenvalue weighted by Gasteiger charge is -2.12. The van der Waals surface area contributed by atoms with Crippen molar-refractivity contribution in [3.63, 3.8) is 0 Å². The van der Waals surface area contributed by atoms with Gasteiger partial charge in [-0.25, -0.2) is 9.59 Å². The first-order valence-electron chi connectivity index (χ1n) is 5.51. The molecule has 18 heavy (non-hydrogen) atoms. The van der Waals surface area contributed by atoms with Crippen molar-refractivity contribution in [2.45, 2.75) is 0 Å². The molecule has 0 saturated carbocycles. The van der Waals surface area contributed by atoms with Gasteiger partial charge in [0.25, 0.3) is 0 Å². The van der Waals surface area contributed by atoms with Crippen LogP contribution in [-0.4, -0.2) is 48.4 Å². The van der Waals surface area contributed by atoms with E-state index in [1.165, 1.54) is 4.90 Å². The van der Waals surface area contributed by atoms with Gasteiger partial charge in [-0.3, -0.25) is 10.3 Å². The highest BCUT2D eigenvalue weighted by atomic mass is 16.6. The number of carbonyl (C=O) groups is 2. The predicted octanol–water partition coefficient (Wildman–Crippen LogP) is 1.08. The van der Waals surface area contributed by atoms with E-state index in [1.54, 1.807) is 24.5 Å². The Morgan fingerprint density at radius 1 is 1.50 bits per heavy atom. The molecule has 0 spiro atoms. The third-order valence-corrected chi connectivity index (χ3v) is 2.37. The zero-order valence-electron chi connectivity index (χ0n) is 9.67. The first-order valence-corrected chi connectivity index (χ1v) is 5.51. The van der Waals surface area contributed by atoms with Crippen molar-refractivity contribution < 1.29 is 19.1 Å². The number of nitrogens with zero attached hydrogens (tertiary/aromatic N) is 2. The van der Waals surface area contributed by atoms with Gasteiger partial charge < -0.3 is 14.4 Å². The Hall–Kier alpha value is -2.31. The molecule has 1 aromatic heterocycles. The van der Waals surface area contributed by atoms with Crippen LogP contribution in [0.1, 0.15) is 0 Å². The molecular weight excluding hydrogens is 238 g/mol. The van der Waals surface area contributed by atoms with E-state index in [1.807, 2.05) is 0 Å². The zero-order chi connectivity index (χ0) is 12.8. The number of hydrogen-bond donors (Lipinski definition) is 1. The number of ether oxygens (including phenoxy) is 2. The van der Waals surface area contributed by atoms with E-state index in [-0.39, 0.29) is 12.7 Å². The van der Waals surface area contributed by atoms with Gasteiger partial charge in [-0.15, -0.1) is 0 Å². The van der Waals surface area contributed by atoms with Crippen LogP contribution in [0.15, 0.2) is 24.5 Å². The standard InChI is InChI=1S/C11H13N3O4/c15-10(13-9-1-3-12-4-2-9)17-7-5-14-6-8-18-11(14)16/h1-4H,5-8H2,(H,12,13,15). The average molecular weight is 251 g/mol. The summed E-state index contributed by atoms with van der Waals surface area (Å²) in [5.41, 5.74) is 0.607. The molecule has 1 aromatic rings. The molecule has 7 nitrogen and oxygen atoms in total. The summed E-state index contributed by atoms with van der Waals surface area (Å²) in [7, 11) is 0. The zero-order valence-corrected chi connectivity index (χ0v) is 9.67. The molecule has 1 aliphatic rings. The first-order chi connectivity index (χ1) is 8.75. The molecule has 0 atom stereocenters. The Balaban J connectivity index is 1.67. The molecule has 1 N–H and O–H groups in total. The van der Waals surface area contributed by atoms with E-state index in [0.717, 1.165) is 0 Å². The summed E-state index contributed by atoms with van der Waals surface area (Å²) in [6.45, 7) is 1.39. The molecule has 0 radical (unpaired) electrons. The topological polar surface area (TPSA) is 80.8 Å². The third kappa shape index (κ3) is 3.34. The fourth-order valence-corrected chi connectivity index (χ4v) is 1.47. The highest BCUT2D eigenvalue weighted by molar-refractivity contribution is 5.84. The van der Waals surface area contributed by atoms with Gasteiger partial charge in [-0.05, 0) is 12.1 Å². The summed E-state index contributed by atoms with van der Waals surface area (Å²) < 4.78 is 9.68. The van der Waals surface area contributed by atoms with Gasteiger partial charge in [-0.2, -0.15) is 0 Å². The maximum absolute atomic E-state index is 11.4. The monoisotopic (exact) mass is 251 g/mol. The van der Waals surface area contributed by atoms with Crippen LogP contribution in [0.3, 0.4) is 0 Å². The van der Waals surface area contributed by atoms with Crippen LogP contribution in [0.25, 0.3) is 0 Å². The molecule has 0 unspecified atom stereocenters. The van der Waals surface area contributed by atoms with Crippen LogP contribution in [0.5, 0.6) is 0 Å². The van der Waals surface area contributed by atoms with Crippen LogP contribution in [0.2, 0.25) is 0 Å². The number of cyclic esters (lactones) is 1. The van der Waals surface area contributed by atoms with Crippen molar-refractivity contribution in [2.75, 3.05) is 31.6 Å². The molecule has 7 heteroatoms. The second kappa shape index (κ2) is 5.85. The third-order valence-electron chi connectivity index (χ3n) is 2.37. The molecule has 0 aliphatic carbocycles. The van der Waals surface area contributed by atoms with Crippen molar-refractivity contribution in [1.82, 2.24) is 9.88 Å². The number of rotatable bonds is 4. The van der Waals surface area contributed by atoms with Crippen LogP contribution < -0.4 is 5.32 Å². The summed E-state index contributed by atoms with van der Waals surface area (Å²) in [5.74, 6) is 0. The number of carbonyl (C=O) groups excluding carboxylic acids is 2. The number of amides is 2. The average Bonchev–Trinajstić information content (AvgIpc) is 2.76. The summed E-state index contributed by atoms with van der Waals surface area (Å²) in [6.07, 6.45) is 2.20. The lowest BCUT2D eigenvalue weighted by molar-refractivity contribution is 0.135. The maximum Gasteiger partial charge on any atom is 0.411 e. The molecule has 0 aromatic carbocycles. The molecule has 2 heterocycles. The van der Waals surface area contributed by atoms with Crippen LogP contribution in [0.4, 0.5) is 15.3 Å². The molecule has 1 fully saturated rings. The Bertz CT molecular complexity index is 424. The lowest BCUT2D eigenvalue weighted by atomic mass is 10.4. The summed E-state index contributed by atoms with van der Waals surface area (Å²) >= 11 is 0. The lowest BCUT2D eigenvalue weighted by Crippen LogP contribution is -2.29. The van der Waals surface area contributed by atoms with E-state index >= 15 is 0 Å². The minimum Gasteiger partial charge on any atom is -0.448 e. The van der Waals surface area contributed by atoms with Gasteiger partial charge in [0.15, 0.2) is 0 Å². The second-order valence-electron chi connectivity index (χ2n) is 3.60. The normalized spacial score (nSPS) is 14.2. The molecular formula is C11H13N3O4. The van der Waals surface area contributed by atoms with Crippen LogP contribution in [-0.2, 0) is 9.47 Å². The Kier molecular flexibility index (Phi) is 3.95. The van der Waals surface area contributed by atoms with E-state index in [2.05, 4.69) is 10.3 Å². The molecule has 2 amide bonds. The van der Waals surface area contributed by atoms with Gasteiger partial charge >= 0.3 is 12.2 Å². The SMILES string of the molecule is O=C(Nc1ccncc1)OCCN1CCOC1=O. The van der Waals surface area contributed by atoms with Crippen molar-refractivity contribution >= 4 is 17.9 Å². The predicted molar refractivity (Wildman–Crippen MR) is 62.1 cm³/mol. The number of anilines is 1. The van der Waals surface area contributed by atoms with Crippen molar-refractivity contribution in [2.24, 2.45) is 0 Å². The smallest absolute Gasteiger partial charge is 0.411 e. The summed E-state index contributed by atoms with van der Waals surface area (Å²) in [6, 6.07) is 3.30. The minimum absolute atomic E-state index is 0.131. The Morgan fingerprint density at radius 3 is 2.94 bits per heavy atom. The van der Waals surface area contributed by atoms with Crippen LogP contribution in [0, 0.1) is 0 Å². The van der Waals surface area contributed by atoms with Crippen molar-refractivity contribution in [3.05, 3.63) is 24.5 Å². The van der Waals surface area contributed by atoms with Gasteiger partial charge in [0.05, 0.1) is 13.1 Å². The van der Waals surface area contributed by atoms with Crippen molar-refractivity contribution in [1.29, 1.82) is 0 Å². The number of aromatic nitrogens is 1. The number of pyridine rings is 1. The Labute approximate surface area is 104 Å². The highest BCUT2D eigenvalue weighted by Crippen LogP contribution is 2.04. The van der Waals surface area contributed by atoms with E-state index in [4.69, 9.17) is 9.47 Å². The number of hydrogen-bond acceptors (Lipinski definition) is 5. The first kappa shape index (κ1) is 12.2. The fourth-order valence-electron chi connectivity index (χ4n) is 1.47. The molecule has 2 rings (SSSR count). The summed E-state index contributed by atoms with van der Waals surface area (Å²) in [4.78, 5) is 27.8. The summed E-state index contributed by atoms with van der Waals surface area (Å²) in [5, 5.41) is 2.54. The largest absolute Gasteiger partial charge is 0.448 e. The maximum atomic E-state index is 11.4. The van der Waals surface area contributed by atoms with E-state index < -0.39 is 6.09 Å².